The molecular weight excluding hydrogens is 450 g/mol. The molecule has 3 aromatic carbocycles. The Morgan fingerprint density at radius 3 is 2.45 bits per heavy atom. The van der Waals surface area contributed by atoms with Crippen molar-refractivity contribution in [3.05, 3.63) is 86.3 Å². The molecule has 3 rings (SSSR count). The van der Waals surface area contributed by atoms with Gasteiger partial charge in [0.1, 0.15) is 6.61 Å². The third-order valence-corrected chi connectivity index (χ3v) is 5.14. The highest BCUT2D eigenvalue weighted by Crippen LogP contribution is 2.37. The number of hydrogen-bond acceptors (Lipinski definition) is 3. The first-order chi connectivity index (χ1) is 14.0. The van der Waals surface area contributed by atoms with Gasteiger partial charge in [-0.1, -0.05) is 57.4 Å². The van der Waals surface area contributed by atoms with Gasteiger partial charge in [0.2, 0.25) is 0 Å². The summed E-state index contributed by atoms with van der Waals surface area (Å²) in [6.07, 6.45) is 1.80. The summed E-state index contributed by atoms with van der Waals surface area (Å²) in [6, 6.07) is 17.9. The fourth-order valence-electron chi connectivity index (χ4n) is 2.90. The summed E-state index contributed by atoms with van der Waals surface area (Å²) in [6.45, 7) is 6.98. The van der Waals surface area contributed by atoms with Crippen molar-refractivity contribution in [2.45, 2.75) is 27.4 Å². The van der Waals surface area contributed by atoms with Crippen LogP contribution in [0.1, 0.15) is 29.2 Å². The van der Waals surface area contributed by atoms with Crippen LogP contribution in [0.5, 0.6) is 11.5 Å². The van der Waals surface area contributed by atoms with Gasteiger partial charge >= 0.3 is 0 Å². The fourth-order valence-corrected chi connectivity index (χ4v) is 3.43. The zero-order valence-electron chi connectivity index (χ0n) is 16.7. The minimum Gasteiger partial charge on any atom is -0.490 e. The Kier molecular flexibility index (Phi) is 7.34. The van der Waals surface area contributed by atoms with Gasteiger partial charge in [0.15, 0.2) is 11.5 Å². The van der Waals surface area contributed by atoms with Crippen LogP contribution in [0, 0.1) is 13.8 Å². The highest BCUT2D eigenvalue weighted by atomic mass is 79.9. The van der Waals surface area contributed by atoms with E-state index in [2.05, 4.69) is 46.9 Å². The third kappa shape index (κ3) is 5.84. The molecule has 0 amide bonds. The predicted octanol–water partition coefficient (Wildman–Crippen LogP) is 7.45. The molecule has 0 aliphatic carbocycles. The molecule has 150 valence electrons. The van der Waals surface area contributed by atoms with Crippen molar-refractivity contribution in [2.75, 3.05) is 6.61 Å². The van der Waals surface area contributed by atoms with Crippen LogP contribution < -0.4 is 9.47 Å². The molecule has 0 atom stereocenters. The van der Waals surface area contributed by atoms with Crippen LogP contribution in [-0.4, -0.2) is 12.8 Å². The molecule has 29 heavy (non-hydrogen) atoms. The van der Waals surface area contributed by atoms with Gasteiger partial charge < -0.3 is 9.47 Å². The van der Waals surface area contributed by atoms with Crippen molar-refractivity contribution >= 4 is 39.4 Å². The van der Waals surface area contributed by atoms with Gasteiger partial charge in [-0.25, -0.2) is 0 Å². The van der Waals surface area contributed by atoms with Gasteiger partial charge in [-0.2, -0.15) is 0 Å². The normalized spacial score (nSPS) is 11.1. The number of halogens is 2. The van der Waals surface area contributed by atoms with Crippen LogP contribution in [0.4, 0.5) is 5.69 Å². The van der Waals surface area contributed by atoms with Crippen LogP contribution in [0.25, 0.3) is 0 Å². The molecule has 0 radical (unpaired) electrons. The van der Waals surface area contributed by atoms with Crippen LogP contribution in [0.15, 0.2) is 64.1 Å². The van der Waals surface area contributed by atoms with E-state index < -0.39 is 0 Å². The zero-order valence-corrected chi connectivity index (χ0v) is 19.0. The number of nitrogens with zero attached hydrogens (tertiary/aromatic N) is 1. The Morgan fingerprint density at radius 2 is 1.76 bits per heavy atom. The first-order valence-electron chi connectivity index (χ1n) is 9.41. The average Bonchev–Trinajstić information content (AvgIpc) is 2.68. The monoisotopic (exact) mass is 471 g/mol. The zero-order chi connectivity index (χ0) is 20.8. The van der Waals surface area contributed by atoms with E-state index in [0.29, 0.717) is 29.7 Å². The van der Waals surface area contributed by atoms with Gasteiger partial charge in [0.05, 0.1) is 17.3 Å². The molecule has 0 aliphatic rings. The van der Waals surface area contributed by atoms with Crippen molar-refractivity contribution < 1.29 is 9.47 Å². The molecule has 0 aromatic heterocycles. The van der Waals surface area contributed by atoms with E-state index in [4.69, 9.17) is 21.1 Å². The van der Waals surface area contributed by atoms with Crippen LogP contribution in [-0.2, 0) is 6.61 Å². The van der Waals surface area contributed by atoms with Crippen molar-refractivity contribution in [1.29, 1.82) is 0 Å². The van der Waals surface area contributed by atoms with E-state index in [1.165, 1.54) is 5.56 Å². The van der Waals surface area contributed by atoms with Crippen LogP contribution >= 0.6 is 27.5 Å². The summed E-state index contributed by atoms with van der Waals surface area (Å²) in [5.41, 5.74) is 5.18. The third-order valence-electron chi connectivity index (χ3n) is 4.33. The number of aliphatic imine (C=N–C) groups is 1. The van der Waals surface area contributed by atoms with E-state index in [1.807, 2.05) is 49.4 Å². The van der Waals surface area contributed by atoms with Gasteiger partial charge in [-0.3, -0.25) is 4.99 Å². The SMILES string of the molecule is CCOc1cc(C=Nc2ccc(C)cc2C)cc(Cl)c1OCc1ccc(Br)cc1. The molecule has 0 heterocycles. The molecule has 3 aromatic rings. The molecule has 5 heteroatoms. The van der Waals surface area contributed by atoms with E-state index in [9.17, 15) is 0 Å². The first kappa shape index (κ1) is 21.4. The molecule has 0 spiro atoms. The molecule has 0 unspecified atom stereocenters. The average molecular weight is 473 g/mol. The Hall–Kier alpha value is -2.30. The Bertz CT molecular complexity index is 1020. The molecule has 3 nitrogen and oxygen atoms in total. The molecule has 0 N–H and O–H groups in total. The number of ether oxygens (including phenoxy) is 2. The maximum atomic E-state index is 6.52. The van der Waals surface area contributed by atoms with Gasteiger partial charge in [0.25, 0.3) is 0 Å². The lowest BCUT2D eigenvalue weighted by atomic mass is 10.1. The number of benzene rings is 3. The number of hydrogen-bond donors (Lipinski definition) is 0. The lowest BCUT2D eigenvalue weighted by molar-refractivity contribution is 0.269. The van der Waals surface area contributed by atoms with Gasteiger partial charge in [-0.05, 0) is 67.8 Å². The smallest absolute Gasteiger partial charge is 0.180 e. The number of aryl methyl sites for hydroxylation is 2. The highest BCUT2D eigenvalue weighted by molar-refractivity contribution is 9.10. The van der Waals surface area contributed by atoms with E-state index in [1.54, 1.807) is 6.21 Å². The van der Waals surface area contributed by atoms with E-state index in [0.717, 1.165) is 26.9 Å². The highest BCUT2D eigenvalue weighted by Gasteiger charge is 2.12. The molecule has 0 aliphatic heterocycles. The Balaban J connectivity index is 1.83. The Morgan fingerprint density at radius 1 is 1.00 bits per heavy atom. The second-order valence-electron chi connectivity index (χ2n) is 6.73. The van der Waals surface area contributed by atoms with Crippen LogP contribution in [0.2, 0.25) is 5.02 Å². The molecule has 0 saturated heterocycles. The van der Waals surface area contributed by atoms with Crippen molar-refractivity contribution in [3.8, 4) is 11.5 Å². The summed E-state index contributed by atoms with van der Waals surface area (Å²) in [4.78, 5) is 4.61. The summed E-state index contributed by atoms with van der Waals surface area (Å²) in [5.74, 6) is 1.15. The van der Waals surface area contributed by atoms with Crippen molar-refractivity contribution in [2.24, 2.45) is 4.99 Å². The minimum absolute atomic E-state index is 0.406. The van der Waals surface area contributed by atoms with E-state index in [-0.39, 0.29) is 0 Å². The molecule has 0 bridgehead atoms. The van der Waals surface area contributed by atoms with Crippen LogP contribution in [0.3, 0.4) is 0 Å². The summed E-state index contributed by atoms with van der Waals surface area (Å²) < 4.78 is 12.8. The summed E-state index contributed by atoms with van der Waals surface area (Å²) in [7, 11) is 0. The standard InChI is InChI=1S/C24H23BrClNO2/c1-4-28-23-13-19(14-27-22-10-5-16(2)11-17(22)3)12-21(26)24(23)29-15-18-6-8-20(25)9-7-18/h5-14H,4,15H2,1-3H3. The minimum atomic E-state index is 0.406. The fraction of sp³-hybridized carbons (Fsp3) is 0.208. The number of rotatable bonds is 7. The molecule has 0 fully saturated rings. The summed E-state index contributed by atoms with van der Waals surface area (Å²) >= 11 is 9.96. The van der Waals surface area contributed by atoms with Gasteiger partial charge in [0, 0.05) is 10.7 Å². The van der Waals surface area contributed by atoms with Crippen molar-refractivity contribution in [3.63, 3.8) is 0 Å². The second kappa shape index (κ2) is 9.95. The molecule has 0 saturated carbocycles. The summed E-state index contributed by atoms with van der Waals surface area (Å²) in [5, 5.41) is 0.495. The quantitative estimate of drug-likeness (QED) is 0.334. The molecular formula is C24H23BrClNO2. The maximum Gasteiger partial charge on any atom is 0.180 e. The lowest BCUT2D eigenvalue weighted by Crippen LogP contribution is -2.01. The van der Waals surface area contributed by atoms with Gasteiger partial charge in [-0.15, -0.1) is 0 Å². The second-order valence-corrected chi connectivity index (χ2v) is 8.05. The predicted molar refractivity (Wildman–Crippen MR) is 124 cm³/mol. The Labute approximate surface area is 185 Å². The van der Waals surface area contributed by atoms with E-state index >= 15 is 0 Å². The lowest BCUT2D eigenvalue weighted by Gasteiger charge is -2.14. The topological polar surface area (TPSA) is 30.8 Å². The maximum absolute atomic E-state index is 6.52. The first-order valence-corrected chi connectivity index (χ1v) is 10.6. The van der Waals surface area contributed by atoms with Crippen molar-refractivity contribution in [1.82, 2.24) is 0 Å². The largest absolute Gasteiger partial charge is 0.490 e.